The minimum absolute atomic E-state index is 0.0469. The summed E-state index contributed by atoms with van der Waals surface area (Å²) >= 11 is 0. The lowest BCUT2D eigenvalue weighted by molar-refractivity contribution is -0.115. The van der Waals surface area contributed by atoms with Crippen LogP contribution in [0.3, 0.4) is 0 Å². The third-order valence-corrected chi connectivity index (χ3v) is 4.36. The quantitative estimate of drug-likeness (QED) is 0.563. The number of hydrogen-bond donors (Lipinski definition) is 2. The highest BCUT2D eigenvalue weighted by Gasteiger charge is 2.04. The highest BCUT2D eigenvalue weighted by atomic mass is 16.3. The molecule has 2 N–H and O–H groups in total. The van der Waals surface area contributed by atoms with Gasteiger partial charge < -0.3 is 10.4 Å². The van der Waals surface area contributed by atoms with Crippen LogP contribution in [-0.4, -0.2) is 11.0 Å². The van der Waals surface area contributed by atoms with Crippen LogP contribution < -0.4 is 5.32 Å². The summed E-state index contributed by atoms with van der Waals surface area (Å²) in [5, 5.41) is 12.2. The van der Waals surface area contributed by atoms with E-state index in [-0.39, 0.29) is 11.7 Å². The summed E-state index contributed by atoms with van der Waals surface area (Å²) in [6.07, 6.45) is 9.26. The van der Waals surface area contributed by atoms with Crippen molar-refractivity contribution in [3.8, 4) is 5.75 Å². The van der Waals surface area contributed by atoms with Gasteiger partial charge in [0.2, 0.25) is 5.91 Å². The Balaban J connectivity index is 1.72. The maximum absolute atomic E-state index is 12.1. The lowest BCUT2D eigenvalue weighted by Crippen LogP contribution is -2.14. The minimum Gasteiger partial charge on any atom is -0.508 e. The smallest absolute Gasteiger partial charge is 0.228 e. The average Bonchev–Trinajstić information content (AvgIpc) is 2.61. The molecule has 0 spiro atoms. The average molecular weight is 339 g/mol. The Morgan fingerprint density at radius 3 is 2.12 bits per heavy atom. The fourth-order valence-electron chi connectivity index (χ4n) is 2.87. The van der Waals surface area contributed by atoms with Gasteiger partial charge in [-0.15, -0.1) is 0 Å². The van der Waals surface area contributed by atoms with Crippen LogP contribution in [0.1, 0.15) is 56.6 Å². The zero-order valence-electron chi connectivity index (χ0n) is 15.1. The molecule has 134 valence electrons. The summed E-state index contributed by atoms with van der Waals surface area (Å²) < 4.78 is 0. The Bertz CT molecular complexity index is 632. The molecule has 0 radical (unpaired) electrons. The van der Waals surface area contributed by atoms with E-state index in [2.05, 4.69) is 24.4 Å². The van der Waals surface area contributed by atoms with Crippen molar-refractivity contribution in [2.24, 2.45) is 0 Å². The Labute approximate surface area is 151 Å². The van der Waals surface area contributed by atoms with Gasteiger partial charge in [-0.25, -0.2) is 0 Å². The number of anilines is 1. The molecule has 0 fully saturated rings. The van der Waals surface area contributed by atoms with Gasteiger partial charge in [-0.2, -0.15) is 0 Å². The number of phenols is 1. The zero-order chi connectivity index (χ0) is 17.9. The molecule has 0 heterocycles. The van der Waals surface area contributed by atoms with Crippen molar-refractivity contribution in [3.05, 3.63) is 59.7 Å². The molecule has 0 aromatic heterocycles. The first-order chi connectivity index (χ1) is 12.2. The Hall–Kier alpha value is -2.29. The van der Waals surface area contributed by atoms with E-state index < -0.39 is 0 Å². The third-order valence-electron chi connectivity index (χ3n) is 4.36. The van der Waals surface area contributed by atoms with Gasteiger partial charge in [-0.05, 0) is 48.2 Å². The molecule has 0 saturated carbocycles. The van der Waals surface area contributed by atoms with E-state index >= 15 is 0 Å². The summed E-state index contributed by atoms with van der Waals surface area (Å²) in [7, 11) is 0. The first kappa shape index (κ1) is 19.0. The van der Waals surface area contributed by atoms with Gasteiger partial charge in [-0.3, -0.25) is 4.79 Å². The molecular formula is C22H29NO2. The van der Waals surface area contributed by atoms with Gasteiger partial charge in [-0.1, -0.05) is 63.3 Å². The molecule has 2 aromatic carbocycles. The first-order valence-electron chi connectivity index (χ1n) is 9.34. The topological polar surface area (TPSA) is 49.3 Å². The van der Waals surface area contributed by atoms with Crippen LogP contribution in [0.4, 0.5) is 5.69 Å². The normalized spacial score (nSPS) is 10.6. The van der Waals surface area contributed by atoms with E-state index in [1.54, 1.807) is 24.3 Å². The SMILES string of the molecule is CCCCCCCCc1ccc(NC(=O)Cc2ccc(O)cc2)cc1. The molecule has 2 aromatic rings. The largest absolute Gasteiger partial charge is 0.508 e. The number of nitrogens with one attached hydrogen (secondary N) is 1. The number of amides is 1. The van der Waals surface area contributed by atoms with Crippen LogP contribution in [0.15, 0.2) is 48.5 Å². The molecule has 2 rings (SSSR count). The number of rotatable bonds is 10. The number of carbonyl (C=O) groups excluding carboxylic acids is 1. The molecular weight excluding hydrogens is 310 g/mol. The number of benzene rings is 2. The van der Waals surface area contributed by atoms with Gasteiger partial charge in [0.05, 0.1) is 6.42 Å². The summed E-state index contributed by atoms with van der Waals surface area (Å²) in [4.78, 5) is 12.1. The van der Waals surface area contributed by atoms with E-state index in [4.69, 9.17) is 0 Å². The van der Waals surface area contributed by atoms with Crippen molar-refractivity contribution in [1.82, 2.24) is 0 Å². The lowest BCUT2D eigenvalue weighted by atomic mass is 10.0. The molecule has 0 atom stereocenters. The summed E-state index contributed by atoms with van der Waals surface area (Å²) in [6, 6.07) is 14.9. The standard InChI is InChI=1S/C22H29NO2/c1-2-3-4-5-6-7-8-18-9-13-20(14-10-18)23-22(25)17-19-11-15-21(24)16-12-19/h9-16,24H,2-8,17H2,1H3,(H,23,25). The van der Waals surface area contributed by atoms with Crippen LogP contribution in [0.25, 0.3) is 0 Å². The van der Waals surface area contributed by atoms with Gasteiger partial charge in [0, 0.05) is 5.69 Å². The number of hydrogen-bond acceptors (Lipinski definition) is 2. The van der Waals surface area contributed by atoms with Gasteiger partial charge in [0.1, 0.15) is 5.75 Å². The summed E-state index contributed by atoms with van der Waals surface area (Å²) in [5.41, 5.74) is 3.04. The predicted molar refractivity (Wildman–Crippen MR) is 104 cm³/mol. The lowest BCUT2D eigenvalue weighted by Gasteiger charge is -2.07. The second kappa shape index (κ2) is 10.5. The fourth-order valence-corrected chi connectivity index (χ4v) is 2.87. The molecule has 0 bridgehead atoms. The van der Waals surface area contributed by atoms with E-state index in [0.717, 1.165) is 17.7 Å². The van der Waals surface area contributed by atoms with Crippen LogP contribution in [0, 0.1) is 0 Å². The van der Waals surface area contributed by atoms with Crippen molar-refractivity contribution in [3.63, 3.8) is 0 Å². The predicted octanol–water partition coefficient (Wildman–Crippen LogP) is 5.48. The Morgan fingerprint density at radius 1 is 0.840 bits per heavy atom. The van der Waals surface area contributed by atoms with Gasteiger partial charge in [0.15, 0.2) is 0 Å². The van der Waals surface area contributed by atoms with Gasteiger partial charge in [0.25, 0.3) is 0 Å². The number of aromatic hydroxyl groups is 1. The number of phenolic OH excluding ortho intramolecular Hbond substituents is 1. The molecule has 3 nitrogen and oxygen atoms in total. The second-order valence-corrected chi connectivity index (χ2v) is 6.61. The van der Waals surface area contributed by atoms with E-state index in [9.17, 15) is 9.90 Å². The van der Waals surface area contributed by atoms with Crippen LogP contribution in [-0.2, 0) is 17.6 Å². The molecule has 25 heavy (non-hydrogen) atoms. The van der Waals surface area contributed by atoms with Crippen LogP contribution in [0.5, 0.6) is 5.75 Å². The van der Waals surface area contributed by atoms with Crippen LogP contribution in [0.2, 0.25) is 0 Å². The molecule has 0 aliphatic carbocycles. The van der Waals surface area contributed by atoms with Crippen molar-refractivity contribution < 1.29 is 9.90 Å². The molecule has 0 saturated heterocycles. The summed E-state index contributed by atoms with van der Waals surface area (Å²) in [5.74, 6) is 0.166. The number of aryl methyl sites for hydroxylation is 1. The minimum atomic E-state index is -0.0469. The second-order valence-electron chi connectivity index (χ2n) is 6.61. The Kier molecular flexibility index (Phi) is 8.03. The molecule has 0 aliphatic heterocycles. The number of carbonyl (C=O) groups is 1. The van der Waals surface area contributed by atoms with Gasteiger partial charge >= 0.3 is 0 Å². The fraction of sp³-hybridized carbons (Fsp3) is 0.409. The molecule has 0 aliphatic rings. The summed E-state index contributed by atoms with van der Waals surface area (Å²) in [6.45, 7) is 2.24. The van der Waals surface area contributed by atoms with Crippen LogP contribution >= 0.6 is 0 Å². The molecule has 3 heteroatoms. The van der Waals surface area contributed by atoms with Crippen molar-refractivity contribution >= 4 is 11.6 Å². The maximum atomic E-state index is 12.1. The number of unbranched alkanes of at least 4 members (excludes halogenated alkanes) is 5. The maximum Gasteiger partial charge on any atom is 0.228 e. The first-order valence-corrected chi connectivity index (χ1v) is 9.34. The van der Waals surface area contributed by atoms with E-state index in [1.165, 1.54) is 44.1 Å². The highest BCUT2D eigenvalue weighted by molar-refractivity contribution is 5.92. The Morgan fingerprint density at radius 2 is 1.44 bits per heavy atom. The van der Waals surface area contributed by atoms with Crippen molar-refractivity contribution in [2.75, 3.05) is 5.32 Å². The monoisotopic (exact) mass is 339 g/mol. The zero-order valence-corrected chi connectivity index (χ0v) is 15.1. The third kappa shape index (κ3) is 7.42. The van der Waals surface area contributed by atoms with E-state index in [1.807, 2.05) is 12.1 Å². The van der Waals surface area contributed by atoms with E-state index in [0.29, 0.717) is 6.42 Å². The highest BCUT2D eigenvalue weighted by Crippen LogP contribution is 2.15. The molecule has 0 unspecified atom stereocenters. The van der Waals surface area contributed by atoms with Crippen molar-refractivity contribution in [2.45, 2.75) is 58.3 Å². The molecule has 1 amide bonds. The van der Waals surface area contributed by atoms with Crippen molar-refractivity contribution in [1.29, 1.82) is 0 Å².